The lowest BCUT2D eigenvalue weighted by molar-refractivity contribution is -0.0428. The fourth-order valence-corrected chi connectivity index (χ4v) is 7.19. The Labute approximate surface area is 211 Å². The number of aryl methyl sites for hydroxylation is 1. The Morgan fingerprint density at radius 2 is 1.75 bits per heavy atom. The van der Waals surface area contributed by atoms with Gasteiger partial charge < -0.3 is 9.47 Å². The van der Waals surface area contributed by atoms with E-state index < -0.39 is 0 Å². The number of aromatic nitrogens is 1. The van der Waals surface area contributed by atoms with E-state index in [1.165, 1.54) is 11.1 Å². The summed E-state index contributed by atoms with van der Waals surface area (Å²) in [5.41, 5.74) is 3.80. The van der Waals surface area contributed by atoms with E-state index in [-0.39, 0.29) is 23.5 Å². The lowest BCUT2D eigenvalue weighted by Crippen LogP contribution is -2.45. The summed E-state index contributed by atoms with van der Waals surface area (Å²) in [6.07, 6.45) is 9.49. The number of carbonyl (C=O) groups is 2. The molecule has 2 fully saturated rings. The molecule has 3 aliphatic carbocycles. The van der Waals surface area contributed by atoms with Crippen LogP contribution >= 0.6 is 0 Å². The van der Waals surface area contributed by atoms with Crippen LogP contribution in [0.3, 0.4) is 0 Å². The van der Waals surface area contributed by atoms with Gasteiger partial charge in [-0.05, 0) is 104 Å². The first kappa shape index (κ1) is 23.0. The smallest absolute Gasteiger partial charge is 0.343 e. The topological polar surface area (TPSA) is 65.5 Å². The van der Waals surface area contributed by atoms with E-state index >= 15 is 0 Å². The van der Waals surface area contributed by atoms with E-state index in [1.807, 2.05) is 24.3 Å². The Morgan fingerprint density at radius 1 is 0.917 bits per heavy atom. The van der Waals surface area contributed by atoms with Gasteiger partial charge in [0.25, 0.3) is 0 Å². The average Bonchev–Trinajstić information content (AvgIpc) is 3.25. The van der Waals surface area contributed by atoms with E-state index in [0.29, 0.717) is 34.6 Å². The third-order valence-electron chi connectivity index (χ3n) is 8.98. The molecule has 5 atom stereocenters. The molecular formula is C31H31NO4. The highest BCUT2D eigenvalue weighted by Gasteiger charge is 2.56. The van der Waals surface area contributed by atoms with Gasteiger partial charge >= 0.3 is 11.9 Å². The van der Waals surface area contributed by atoms with E-state index in [2.05, 4.69) is 24.0 Å². The first-order valence-corrected chi connectivity index (χ1v) is 13.0. The molecule has 5 heteroatoms. The predicted octanol–water partition coefficient (Wildman–Crippen LogP) is 6.38. The minimum atomic E-state index is -0.324. The third kappa shape index (κ3) is 4.01. The summed E-state index contributed by atoms with van der Waals surface area (Å²) < 4.78 is 11.8. The van der Waals surface area contributed by atoms with Gasteiger partial charge in [0, 0.05) is 17.8 Å². The van der Waals surface area contributed by atoms with Crippen LogP contribution in [0.25, 0.3) is 0 Å². The molecule has 2 saturated carbocycles. The Balaban J connectivity index is 1.17. The maximum Gasteiger partial charge on any atom is 0.343 e. The quantitative estimate of drug-likeness (QED) is 0.319. The van der Waals surface area contributed by atoms with Crippen LogP contribution in [0, 0.1) is 17.3 Å². The molecule has 6 rings (SSSR count). The van der Waals surface area contributed by atoms with Crippen molar-refractivity contribution in [1.29, 1.82) is 0 Å². The van der Waals surface area contributed by atoms with Crippen molar-refractivity contribution in [3.05, 3.63) is 95.3 Å². The van der Waals surface area contributed by atoms with Crippen molar-refractivity contribution in [2.75, 3.05) is 0 Å². The molecule has 0 radical (unpaired) electrons. The van der Waals surface area contributed by atoms with Crippen molar-refractivity contribution < 1.29 is 19.1 Å². The van der Waals surface area contributed by atoms with Crippen molar-refractivity contribution in [3.63, 3.8) is 0 Å². The number of ether oxygens (including phenoxy) is 2. The fourth-order valence-electron chi connectivity index (χ4n) is 7.19. The highest BCUT2D eigenvalue weighted by Crippen LogP contribution is 2.61. The number of hydrogen-bond donors (Lipinski definition) is 0. The maximum absolute atomic E-state index is 12.8. The van der Waals surface area contributed by atoms with Gasteiger partial charge in [0.2, 0.25) is 0 Å². The normalized spacial score (nSPS) is 28.4. The molecule has 1 heterocycles. The highest BCUT2D eigenvalue weighted by molar-refractivity contribution is 5.91. The van der Waals surface area contributed by atoms with Crippen molar-refractivity contribution in [3.8, 4) is 5.75 Å². The van der Waals surface area contributed by atoms with Gasteiger partial charge in [0.1, 0.15) is 11.9 Å². The molecule has 0 N–H and O–H groups in total. The van der Waals surface area contributed by atoms with Crippen LogP contribution in [-0.2, 0) is 11.2 Å². The summed E-state index contributed by atoms with van der Waals surface area (Å²) >= 11 is 0. The Kier molecular flexibility index (Phi) is 5.87. The summed E-state index contributed by atoms with van der Waals surface area (Å²) in [5.74, 6) is 1.69. The first-order chi connectivity index (χ1) is 17.5. The zero-order valence-corrected chi connectivity index (χ0v) is 20.6. The van der Waals surface area contributed by atoms with Gasteiger partial charge in [0.05, 0.1) is 11.1 Å². The lowest BCUT2D eigenvalue weighted by atomic mass is 9.55. The largest absolute Gasteiger partial charge is 0.458 e. The zero-order chi connectivity index (χ0) is 24.7. The maximum atomic E-state index is 12.8. The van der Waals surface area contributed by atoms with Crippen LogP contribution in [0.4, 0.5) is 0 Å². The summed E-state index contributed by atoms with van der Waals surface area (Å²) in [4.78, 5) is 29.3. The molecule has 0 saturated heterocycles. The minimum Gasteiger partial charge on any atom is -0.458 e. The molecule has 36 heavy (non-hydrogen) atoms. The third-order valence-corrected chi connectivity index (χ3v) is 8.98. The van der Waals surface area contributed by atoms with Crippen molar-refractivity contribution in [2.24, 2.45) is 17.3 Å². The molecule has 5 nitrogen and oxygen atoms in total. The second kappa shape index (κ2) is 9.20. The summed E-state index contributed by atoms with van der Waals surface area (Å²) in [5, 5.41) is 0. The Bertz CT molecular complexity index is 1270. The van der Waals surface area contributed by atoms with Crippen LogP contribution in [0.15, 0.2) is 73.1 Å². The highest BCUT2D eigenvalue weighted by atomic mass is 16.5. The van der Waals surface area contributed by atoms with E-state index in [4.69, 9.17) is 9.47 Å². The van der Waals surface area contributed by atoms with E-state index in [9.17, 15) is 9.59 Å². The molecule has 0 spiro atoms. The van der Waals surface area contributed by atoms with Gasteiger partial charge in [-0.2, -0.15) is 0 Å². The van der Waals surface area contributed by atoms with E-state index in [0.717, 1.165) is 38.5 Å². The molecule has 3 aliphatic rings. The minimum absolute atomic E-state index is 0.0156. The standard InChI is InChI=1S/C31H31NO4/c1-31-16-15-25-24-12-10-23(35-29(33)20-6-3-2-4-7-20)18-21(24)9-11-26(25)27(31)13-14-28(31)36-30(34)22-8-5-17-32-19-22/h2-8,10,12,17-19,25-28H,9,11,13-16H2,1H3/t25-,26-,27+,28+,31+/m1/s1. The molecule has 0 unspecified atom stereocenters. The number of rotatable bonds is 4. The van der Waals surface area contributed by atoms with Crippen molar-refractivity contribution in [1.82, 2.24) is 4.98 Å². The summed E-state index contributed by atoms with van der Waals surface area (Å²) in [6, 6.07) is 18.8. The number of benzene rings is 2. The fraction of sp³-hybridized carbons (Fsp3) is 0.387. The molecule has 184 valence electrons. The second-order valence-corrected chi connectivity index (χ2v) is 10.8. The molecule has 2 aromatic carbocycles. The summed E-state index contributed by atoms with van der Waals surface area (Å²) in [6.45, 7) is 2.34. The van der Waals surface area contributed by atoms with Gasteiger partial charge in [-0.15, -0.1) is 0 Å². The number of hydrogen-bond acceptors (Lipinski definition) is 5. The van der Waals surface area contributed by atoms with Crippen LogP contribution in [-0.4, -0.2) is 23.0 Å². The SMILES string of the molecule is C[C@]12CC[C@@H]3c4ccc(OC(=O)c5ccccc5)cc4CC[C@H]3[C@@H]1CC[C@@H]2OC(=O)c1cccnc1. The number of carbonyl (C=O) groups excluding carboxylic acids is 2. The second-order valence-electron chi connectivity index (χ2n) is 10.8. The monoisotopic (exact) mass is 481 g/mol. The number of esters is 2. The number of pyridine rings is 1. The zero-order valence-electron chi connectivity index (χ0n) is 20.6. The number of fused-ring (bicyclic) bond motifs is 5. The first-order valence-electron chi connectivity index (χ1n) is 13.0. The molecule has 0 aliphatic heterocycles. The molecule has 3 aromatic rings. The molecule has 0 amide bonds. The molecule has 0 bridgehead atoms. The van der Waals surface area contributed by atoms with E-state index in [1.54, 1.807) is 36.7 Å². The van der Waals surface area contributed by atoms with Gasteiger partial charge in [0.15, 0.2) is 0 Å². The average molecular weight is 482 g/mol. The molecular weight excluding hydrogens is 450 g/mol. The number of nitrogens with zero attached hydrogens (tertiary/aromatic N) is 1. The Morgan fingerprint density at radius 3 is 2.56 bits per heavy atom. The predicted molar refractivity (Wildman–Crippen MR) is 136 cm³/mol. The van der Waals surface area contributed by atoms with Crippen LogP contribution < -0.4 is 4.74 Å². The van der Waals surface area contributed by atoms with Gasteiger partial charge in [-0.25, -0.2) is 9.59 Å². The van der Waals surface area contributed by atoms with Crippen LogP contribution in [0.5, 0.6) is 5.75 Å². The lowest BCUT2D eigenvalue weighted by Gasteiger charge is -2.50. The van der Waals surface area contributed by atoms with Crippen LogP contribution in [0.1, 0.15) is 76.8 Å². The van der Waals surface area contributed by atoms with Crippen molar-refractivity contribution in [2.45, 2.75) is 57.5 Å². The van der Waals surface area contributed by atoms with Gasteiger partial charge in [-0.3, -0.25) is 4.98 Å². The Hall–Kier alpha value is -3.47. The molecule has 1 aromatic heterocycles. The summed E-state index contributed by atoms with van der Waals surface area (Å²) in [7, 11) is 0. The van der Waals surface area contributed by atoms with Crippen molar-refractivity contribution >= 4 is 11.9 Å². The van der Waals surface area contributed by atoms with Gasteiger partial charge in [-0.1, -0.05) is 31.2 Å². The van der Waals surface area contributed by atoms with Crippen LogP contribution in [0.2, 0.25) is 0 Å².